The topological polar surface area (TPSA) is 46.5 Å². The minimum absolute atomic E-state index is 0.308. The van der Waals surface area contributed by atoms with Gasteiger partial charge in [-0.3, -0.25) is 0 Å². The lowest BCUT2D eigenvalue weighted by Gasteiger charge is -2.14. The van der Waals surface area contributed by atoms with Crippen LogP contribution in [0, 0.1) is 0 Å². The Balaban J connectivity index is 3.42. The van der Waals surface area contributed by atoms with Gasteiger partial charge in [0.1, 0.15) is 5.75 Å². The van der Waals surface area contributed by atoms with Gasteiger partial charge in [0.15, 0.2) is 0 Å². The van der Waals surface area contributed by atoms with E-state index >= 15 is 0 Å². The van der Waals surface area contributed by atoms with E-state index in [1.54, 1.807) is 21.0 Å². The predicted octanol–water partition coefficient (Wildman–Crippen LogP) is 3.70. The number of allylic oxidation sites excluding steroid dienone is 1. The van der Waals surface area contributed by atoms with Crippen LogP contribution in [0.4, 0.5) is 0 Å². The van der Waals surface area contributed by atoms with Gasteiger partial charge in [-0.2, -0.15) is 0 Å². The van der Waals surface area contributed by atoms with E-state index in [0.717, 1.165) is 11.1 Å². The Kier molecular flexibility index (Phi) is 4.54. The lowest BCUT2D eigenvalue weighted by Crippen LogP contribution is -2.04. The van der Waals surface area contributed by atoms with E-state index < -0.39 is 5.97 Å². The molecule has 0 saturated carbocycles. The fraction of sp³-hybridized carbons (Fsp3) is 0.400. The van der Waals surface area contributed by atoms with Gasteiger partial charge in [-0.1, -0.05) is 31.6 Å². The Bertz CT molecular complexity index is 481. The molecule has 3 nitrogen and oxygen atoms in total. The summed E-state index contributed by atoms with van der Waals surface area (Å²) in [6.45, 7) is 7.76. The first-order valence-corrected chi connectivity index (χ1v) is 5.97. The van der Waals surface area contributed by atoms with Gasteiger partial charge in [0.25, 0.3) is 0 Å². The van der Waals surface area contributed by atoms with Gasteiger partial charge in [0.05, 0.1) is 12.7 Å². The lowest BCUT2D eigenvalue weighted by molar-refractivity contribution is -0.130. The molecule has 0 aromatic heterocycles. The van der Waals surface area contributed by atoms with Crippen molar-refractivity contribution >= 4 is 11.5 Å². The summed E-state index contributed by atoms with van der Waals surface area (Å²) >= 11 is 0. The Morgan fingerprint density at radius 2 is 1.89 bits per heavy atom. The van der Waals surface area contributed by atoms with Crippen molar-refractivity contribution < 1.29 is 14.6 Å². The van der Waals surface area contributed by atoms with Crippen molar-refractivity contribution in [3.8, 4) is 5.75 Å². The molecular weight excluding hydrogens is 228 g/mol. The molecule has 0 atom stereocenters. The van der Waals surface area contributed by atoms with E-state index in [2.05, 4.69) is 13.8 Å². The second kappa shape index (κ2) is 5.71. The van der Waals surface area contributed by atoms with E-state index in [9.17, 15) is 9.90 Å². The third-order valence-electron chi connectivity index (χ3n) is 2.88. The fourth-order valence-electron chi connectivity index (χ4n) is 1.87. The summed E-state index contributed by atoms with van der Waals surface area (Å²) in [6, 6.07) is 5.69. The predicted molar refractivity (Wildman–Crippen MR) is 73.0 cm³/mol. The van der Waals surface area contributed by atoms with Crippen LogP contribution in [0.5, 0.6) is 5.75 Å². The molecule has 3 heteroatoms. The van der Waals surface area contributed by atoms with Crippen molar-refractivity contribution in [1.82, 2.24) is 0 Å². The molecule has 0 saturated heterocycles. The number of carbonyl (C=O) groups is 1. The second-order valence-corrected chi connectivity index (χ2v) is 4.79. The molecule has 0 aliphatic heterocycles. The Morgan fingerprint density at radius 1 is 1.28 bits per heavy atom. The maximum atomic E-state index is 11.3. The first-order chi connectivity index (χ1) is 8.38. The third-order valence-corrected chi connectivity index (χ3v) is 2.88. The van der Waals surface area contributed by atoms with Gasteiger partial charge in [0, 0.05) is 5.56 Å². The van der Waals surface area contributed by atoms with Crippen LogP contribution in [0.3, 0.4) is 0 Å². The van der Waals surface area contributed by atoms with Crippen molar-refractivity contribution in [3.05, 3.63) is 34.9 Å². The number of carboxylic acid groups (broad SMARTS) is 1. The average molecular weight is 248 g/mol. The highest BCUT2D eigenvalue weighted by Gasteiger charge is 2.17. The van der Waals surface area contributed by atoms with Crippen molar-refractivity contribution in [2.24, 2.45) is 0 Å². The van der Waals surface area contributed by atoms with Crippen LogP contribution in [0.15, 0.2) is 23.8 Å². The minimum Gasteiger partial charge on any atom is -0.496 e. The Morgan fingerprint density at radius 3 is 2.28 bits per heavy atom. The monoisotopic (exact) mass is 248 g/mol. The van der Waals surface area contributed by atoms with Crippen molar-refractivity contribution in [2.75, 3.05) is 7.11 Å². The zero-order valence-electron chi connectivity index (χ0n) is 11.6. The van der Waals surface area contributed by atoms with Crippen LogP contribution in [-0.4, -0.2) is 18.2 Å². The molecule has 0 amide bonds. The largest absolute Gasteiger partial charge is 0.496 e. The molecule has 0 aliphatic carbocycles. The summed E-state index contributed by atoms with van der Waals surface area (Å²) in [7, 11) is 1.56. The maximum absolute atomic E-state index is 11.3. The molecule has 0 heterocycles. The zero-order valence-corrected chi connectivity index (χ0v) is 11.6. The molecule has 98 valence electrons. The quantitative estimate of drug-likeness (QED) is 0.826. The fourth-order valence-corrected chi connectivity index (χ4v) is 1.87. The van der Waals surface area contributed by atoms with E-state index in [4.69, 9.17) is 4.74 Å². The summed E-state index contributed by atoms with van der Waals surface area (Å²) < 4.78 is 5.32. The average Bonchev–Trinajstić information content (AvgIpc) is 2.28. The first-order valence-electron chi connectivity index (χ1n) is 5.97. The van der Waals surface area contributed by atoms with Crippen LogP contribution < -0.4 is 4.74 Å². The van der Waals surface area contributed by atoms with Crippen LogP contribution >= 0.6 is 0 Å². The highest BCUT2D eigenvalue weighted by molar-refractivity contribution is 6.17. The van der Waals surface area contributed by atoms with Crippen LogP contribution in [0.1, 0.15) is 44.7 Å². The van der Waals surface area contributed by atoms with Gasteiger partial charge in [0.2, 0.25) is 0 Å². The van der Waals surface area contributed by atoms with Gasteiger partial charge in [-0.15, -0.1) is 0 Å². The molecule has 0 fully saturated rings. The van der Waals surface area contributed by atoms with E-state index in [0.29, 0.717) is 22.8 Å². The third kappa shape index (κ3) is 2.92. The number of rotatable bonds is 4. The highest BCUT2D eigenvalue weighted by atomic mass is 16.5. The minimum atomic E-state index is -0.925. The normalized spacial score (nSPS) is 10.3. The molecule has 1 rings (SSSR count). The lowest BCUT2D eigenvalue weighted by atomic mass is 9.95. The number of hydrogen-bond acceptors (Lipinski definition) is 2. The Hall–Kier alpha value is -1.77. The molecule has 0 spiro atoms. The number of carboxylic acids is 1. The van der Waals surface area contributed by atoms with Crippen LogP contribution in [0.25, 0.3) is 5.57 Å². The Labute approximate surface area is 108 Å². The number of methoxy groups -OCH3 is 1. The summed E-state index contributed by atoms with van der Waals surface area (Å²) in [6.07, 6.45) is 0. The summed E-state index contributed by atoms with van der Waals surface area (Å²) in [5, 5.41) is 9.28. The number of ether oxygens (including phenoxy) is 1. The zero-order chi connectivity index (χ0) is 13.9. The molecule has 0 aliphatic rings. The molecule has 0 radical (unpaired) electrons. The molecule has 1 aromatic carbocycles. The SMILES string of the molecule is COc1cc(C(C)C)ccc1C(C(=O)O)=C(C)C. The summed E-state index contributed by atoms with van der Waals surface area (Å²) in [4.78, 5) is 11.3. The highest BCUT2D eigenvalue weighted by Crippen LogP contribution is 2.31. The number of hydrogen-bond donors (Lipinski definition) is 1. The number of benzene rings is 1. The summed E-state index contributed by atoms with van der Waals surface area (Å²) in [5.41, 5.74) is 2.84. The van der Waals surface area contributed by atoms with Crippen molar-refractivity contribution in [3.63, 3.8) is 0 Å². The standard InChI is InChI=1S/C15H20O3/c1-9(2)11-6-7-12(13(8-11)18-5)14(10(3)4)15(16)17/h6-9H,1-5H3,(H,16,17). The van der Waals surface area contributed by atoms with Crippen LogP contribution in [0.2, 0.25) is 0 Å². The van der Waals surface area contributed by atoms with Crippen molar-refractivity contribution in [1.29, 1.82) is 0 Å². The molecular formula is C15H20O3. The molecule has 1 aromatic rings. The van der Waals surface area contributed by atoms with Gasteiger partial charge < -0.3 is 9.84 Å². The first kappa shape index (κ1) is 14.3. The molecule has 0 unspecified atom stereocenters. The molecule has 0 bridgehead atoms. The second-order valence-electron chi connectivity index (χ2n) is 4.79. The molecule has 1 N–H and O–H groups in total. The van der Waals surface area contributed by atoms with E-state index in [1.807, 2.05) is 18.2 Å². The molecule has 18 heavy (non-hydrogen) atoms. The van der Waals surface area contributed by atoms with Gasteiger partial charge in [-0.05, 0) is 31.4 Å². The van der Waals surface area contributed by atoms with Gasteiger partial charge in [-0.25, -0.2) is 4.79 Å². The van der Waals surface area contributed by atoms with E-state index in [1.165, 1.54) is 0 Å². The number of aliphatic carboxylic acids is 1. The van der Waals surface area contributed by atoms with E-state index in [-0.39, 0.29) is 0 Å². The van der Waals surface area contributed by atoms with Gasteiger partial charge >= 0.3 is 5.97 Å². The maximum Gasteiger partial charge on any atom is 0.336 e. The van der Waals surface area contributed by atoms with Crippen LogP contribution in [-0.2, 0) is 4.79 Å². The smallest absolute Gasteiger partial charge is 0.336 e. The van der Waals surface area contributed by atoms with Crippen molar-refractivity contribution in [2.45, 2.75) is 33.6 Å². The summed E-state index contributed by atoms with van der Waals surface area (Å²) in [5.74, 6) is 0.0679.